The maximum atomic E-state index is 13.0. The molecule has 0 radical (unpaired) electrons. The molecule has 0 aliphatic heterocycles. The van der Waals surface area contributed by atoms with Crippen molar-refractivity contribution in [1.29, 1.82) is 0 Å². The van der Waals surface area contributed by atoms with Gasteiger partial charge in [0.1, 0.15) is 28.4 Å². The molecule has 36 heavy (non-hydrogen) atoms. The molecule has 0 fully saturated rings. The molecule has 0 aliphatic rings. The van der Waals surface area contributed by atoms with Crippen LogP contribution in [0.5, 0.6) is 17.2 Å². The number of hydrogen-bond acceptors (Lipinski definition) is 6. The first kappa shape index (κ1) is 24.5. The van der Waals surface area contributed by atoms with E-state index in [1.165, 1.54) is 6.08 Å². The maximum Gasteiger partial charge on any atom is 0.347 e. The van der Waals surface area contributed by atoms with Gasteiger partial charge < -0.3 is 18.6 Å². The number of ketones is 1. The van der Waals surface area contributed by atoms with E-state index in [-0.39, 0.29) is 5.56 Å². The topological polar surface area (TPSA) is 75.0 Å². The van der Waals surface area contributed by atoms with Crippen LogP contribution in [-0.2, 0) is 0 Å². The maximum absolute atomic E-state index is 13.0. The van der Waals surface area contributed by atoms with Crippen LogP contribution in [0, 0.1) is 6.92 Å². The van der Waals surface area contributed by atoms with Crippen molar-refractivity contribution in [3.63, 3.8) is 0 Å². The molecule has 6 nitrogen and oxygen atoms in total. The van der Waals surface area contributed by atoms with Crippen molar-refractivity contribution < 1.29 is 23.4 Å². The van der Waals surface area contributed by atoms with Gasteiger partial charge in [0.2, 0.25) is 0 Å². The lowest BCUT2D eigenvalue weighted by atomic mass is 10.0. The summed E-state index contributed by atoms with van der Waals surface area (Å²) < 4.78 is 21.6. The van der Waals surface area contributed by atoms with E-state index >= 15 is 0 Å². The first-order valence-electron chi connectivity index (χ1n) is 11.3. The zero-order valence-corrected chi connectivity index (χ0v) is 20.5. The van der Waals surface area contributed by atoms with E-state index in [4.69, 9.17) is 18.6 Å². The number of benzene rings is 3. The number of allylic oxidation sites excluding steroid dienone is 1. The highest BCUT2D eigenvalue weighted by Gasteiger charge is 2.13. The molecule has 0 aliphatic carbocycles. The molecule has 182 valence electrons. The van der Waals surface area contributed by atoms with Crippen LogP contribution >= 0.6 is 0 Å². The molecular weight excluding hydrogens is 456 g/mol. The molecule has 1 aromatic heterocycles. The summed E-state index contributed by atoms with van der Waals surface area (Å²) in [4.78, 5) is 25.5. The Hall–Kier alpha value is -4.58. The molecule has 4 aromatic rings. The van der Waals surface area contributed by atoms with Crippen LogP contribution in [0.3, 0.4) is 0 Å². The third-order valence-electron chi connectivity index (χ3n) is 5.73. The minimum Gasteiger partial charge on any atom is -0.497 e. The average Bonchev–Trinajstić information content (AvgIpc) is 2.90. The molecule has 1 heterocycles. The van der Waals surface area contributed by atoms with Crippen LogP contribution in [0.15, 0.2) is 76.0 Å². The van der Waals surface area contributed by atoms with Crippen molar-refractivity contribution >= 4 is 35.0 Å². The minimum absolute atomic E-state index is 0.0367. The van der Waals surface area contributed by atoms with Gasteiger partial charge in [-0.3, -0.25) is 4.79 Å². The zero-order chi connectivity index (χ0) is 25.7. The molecule has 6 heteroatoms. The van der Waals surface area contributed by atoms with Gasteiger partial charge >= 0.3 is 5.63 Å². The Morgan fingerprint density at radius 3 is 2.25 bits per heavy atom. The van der Waals surface area contributed by atoms with E-state index in [0.29, 0.717) is 28.0 Å². The number of carbonyl (C=O) groups is 1. The summed E-state index contributed by atoms with van der Waals surface area (Å²) in [6.07, 6.45) is 6.82. The molecule has 0 unspecified atom stereocenters. The third-order valence-corrected chi connectivity index (χ3v) is 5.73. The lowest BCUT2D eigenvalue weighted by Gasteiger charge is -2.11. The smallest absolute Gasteiger partial charge is 0.347 e. The highest BCUT2D eigenvalue weighted by Crippen LogP contribution is 2.31. The van der Waals surface area contributed by atoms with E-state index in [2.05, 4.69) is 0 Å². The SMILES string of the molecule is COc1ccc(/C=C/c2cc(OC)cc(OC)c2/C=C/C(=O)c2cc3ccc(C)cc3oc2=O)cc1. The lowest BCUT2D eigenvalue weighted by molar-refractivity contribution is 0.104. The van der Waals surface area contributed by atoms with Gasteiger partial charge in [-0.15, -0.1) is 0 Å². The number of methoxy groups -OCH3 is 3. The summed E-state index contributed by atoms with van der Waals surface area (Å²) in [6, 6.07) is 18.3. The molecule has 0 saturated carbocycles. The third kappa shape index (κ3) is 5.39. The normalized spacial score (nSPS) is 11.3. The Balaban J connectivity index is 1.71. The van der Waals surface area contributed by atoms with E-state index in [1.54, 1.807) is 45.6 Å². The second kappa shape index (κ2) is 10.8. The number of aryl methyl sites for hydroxylation is 1. The molecule has 0 bridgehead atoms. The molecule has 0 N–H and O–H groups in total. The fraction of sp³-hybridized carbons (Fsp3) is 0.133. The van der Waals surface area contributed by atoms with Crippen LogP contribution in [0.1, 0.15) is 32.6 Å². The van der Waals surface area contributed by atoms with Crippen molar-refractivity contribution in [1.82, 2.24) is 0 Å². The molecule has 0 saturated heterocycles. The molecule has 0 amide bonds. The highest BCUT2D eigenvalue weighted by atomic mass is 16.5. The highest BCUT2D eigenvalue weighted by molar-refractivity contribution is 6.08. The van der Waals surface area contributed by atoms with Crippen molar-refractivity contribution in [2.45, 2.75) is 6.92 Å². The number of ether oxygens (including phenoxy) is 3. The summed E-state index contributed by atoms with van der Waals surface area (Å²) in [5, 5.41) is 0.682. The number of fused-ring (bicyclic) bond motifs is 1. The number of rotatable bonds is 8. The van der Waals surface area contributed by atoms with Crippen molar-refractivity contribution in [3.05, 3.63) is 105 Å². The number of carbonyl (C=O) groups excluding carboxylic acids is 1. The lowest BCUT2D eigenvalue weighted by Crippen LogP contribution is -2.12. The first-order valence-corrected chi connectivity index (χ1v) is 11.3. The van der Waals surface area contributed by atoms with Gasteiger partial charge in [0.05, 0.1) is 21.3 Å². The Morgan fingerprint density at radius 2 is 1.56 bits per heavy atom. The first-order chi connectivity index (χ1) is 17.4. The van der Waals surface area contributed by atoms with Crippen molar-refractivity contribution in [2.24, 2.45) is 0 Å². The van der Waals surface area contributed by atoms with Gasteiger partial charge in [-0.1, -0.05) is 36.4 Å². The van der Waals surface area contributed by atoms with Crippen molar-refractivity contribution in [3.8, 4) is 17.2 Å². The molecule has 3 aromatic carbocycles. The Morgan fingerprint density at radius 1 is 0.806 bits per heavy atom. The second-order valence-corrected chi connectivity index (χ2v) is 8.13. The van der Waals surface area contributed by atoms with Crippen LogP contribution < -0.4 is 19.8 Å². The standard InChI is InChI=1S/C30H26O6/c1-19-5-9-22-17-26(30(32)36-28(22)15-19)27(31)14-13-25-21(16-24(34-3)18-29(25)35-4)10-6-20-7-11-23(33-2)12-8-20/h5-18H,1-4H3/b10-6+,14-13+. The van der Waals surface area contributed by atoms with E-state index < -0.39 is 11.4 Å². The van der Waals surface area contributed by atoms with Gasteiger partial charge in [0.25, 0.3) is 0 Å². The summed E-state index contributed by atoms with van der Waals surface area (Å²) >= 11 is 0. The predicted octanol–water partition coefficient (Wildman–Crippen LogP) is 6.19. The van der Waals surface area contributed by atoms with Gasteiger partial charge in [-0.25, -0.2) is 4.79 Å². The van der Waals surface area contributed by atoms with E-state index in [1.807, 2.05) is 61.5 Å². The quantitative estimate of drug-likeness (QED) is 0.129. The van der Waals surface area contributed by atoms with Gasteiger partial charge in [0, 0.05) is 17.0 Å². The largest absolute Gasteiger partial charge is 0.497 e. The Bertz CT molecular complexity index is 1520. The second-order valence-electron chi connectivity index (χ2n) is 8.13. The fourth-order valence-corrected chi connectivity index (χ4v) is 3.76. The Kier molecular flexibility index (Phi) is 7.35. The number of hydrogen-bond donors (Lipinski definition) is 0. The van der Waals surface area contributed by atoms with Crippen LogP contribution in [0.2, 0.25) is 0 Å². The van der Waals surface area contributed by atoms with Gasteiger partial charge in [-0.2, -0.15) is 0 Å². The van der Waals surface area contributed by atoms with Crippen LogP contribution in [0.4, 0.5) is 0 Å². The molecule has 0 spiro atoms. The summed E-state index contributed by atoms with van der Waals surface area (Å²) in [7, 11) is 4.74. The minimum atomic E-state index is -0.677. The Labute approximate surface area is 209 Å². The summed E-state index contributed by atoms with van der Waals surface area (Å²) in [6.45, 7) is 1.91. The monoisotopic (exact) mass is 482 g/mol. The summed E-state index contributed by atoms with van der Waals surface area (Å²) in [5.41, 5.74) is 3.10. The van der Waals surface area contributed by atoms with Crippen LogP contribution in [0.25, 0.3) is 29.2 Å². The molecule has 4 rings (SSSR count). The molecular formula is C30H26O6. The fourth-order valence-electron chi connectivity index (χ4n) is 3.76. The zero-order valence-electron chi connectivity index (χ0n) is 20.5. The predicted molar refractivity (Wildman–Crippen MR) is 142 cm³/mol. The molecule has 0 atom stereocenters. The van der Waals surface area contributed by atoms with Gasteiger partial charge in [-0.05, 0) is 66.1 Å². The van der Waals surface area contributed by atoms with E-state index in [0.717, 1.165) is 22.4 Å². The van der Waals surface area contributed by atoms with E-state index in [9.17, 15) is 9.59 Å². The van der Waals surface area contributed by atoms with Crippen molar-refractivity contribution in [2.75, 3.05) is 21.3 Å². The average molecular weight is 483 g/mol. The van der Waals surface area contributed by atoms with Crippen LogP contribution in [-0.4, -0.2) is 27.1 Å². The van der Waals surface area contributed by atoms with Gasteiger partial charge in [0.15, 0.2) is 5.78 Å². The summed E-state index contributed by atoms with van der Waals surface area (Å²) in [5.74, 6) is 1.43.